The van der Waals surface area contributed by atoms with Gasteiger partial charge in [-0.05, 0) is 60.7 Å². The summed E-state index contributed by atoms with van der Waals surface area (Å²) in [7, 11) is 0. The minimum atomic E-state index is -0.188. The molecule has 2 aromatic rings. The van der Waals surface area contributed by atoms with Crippen LogP contribution in [0, 0.1) is 11.7 Å². The highest BCUT2D eigenvalue weighted by molar-refractivity contribution is 5.68. The smallest absolute Gasteiger partial charge is 0.125 e. The number of hydrogen-bond acceptors (Lipinski definition) is 2. The van der Waals surface area contributed by atoms with Crippen molar-refractivity contribution in [2.45, 2.75) is 19.8 Å². The van der Waals surface area contributed by atoms with Crippen LogP contribution in [0.3, 0.4) is 0 Å². The van der Waals surface area contributed by atoms with Crippen molar-refractivity contribution in [1.82, 2.24) is 0 Å². The zero-order chi connectivity index (χ0) is 14.8. The van der Waals surface area contributed by atoms with Crippen molar-refractivity contribution in [2.24, 2.45) is 11.7 Å². The lowest BCUT2D eigenvalue weighted by molar-refractivity contribution is 0.560. The van der Waals surface area contributed by atoms with E-state index in [9.17, 15) is 4.39 Å². The van der Waals surface area contributed by atoms with E-state index in [1.54, 1.807) is 12.1 Å². The number of para-hydroxylation sites is 1. The Hall–Kier alpha value is -1.87. The maximum Gasteiger partial charge on any atom is 0.125 e. The topological polar surface area (TPSA) is 29.3 Å². The molecule has 0 saturated carbocycles. The molecule has 0 amide bonds. The number of fused-ring (bicyclic) bond motifs is 1. The van der Waals surface area contributed by atoms with Crippen molar-refractivity contribution in [3.63, 3.8) is 0 Å². The molecular weight excluding hydrogens is 263 g/mol. The maximum atomic E-state index is 13.9. The third kappa shape index (κ3) is 2.93. The third-order valence-corrected chi connectivity index (χ3v) is 4.03. The van der Waals surface area contributed by atoms with E-state index in [1.807, 2.05) is 6.07 Å². The van der Waals surface area contributed by atoms with Gasteiger partial charge in [0.05, 0.1) is 0 Å². The molecule has 0 fully saturated rings. The predicted molar refractivity (Wildman–Crippen MR) is 85.5 cm³/mol. The van der Waals surface area contributed by atoms with Gasteiger partial charge >= 0.3 is 0 Å². The van der Waals surface area contributed by atoms with Crippen molar-refractivity contribution < 1.29 is 4.39 Å². The van der Waals surface area contributed by atoms with E-state index in [2.05, 4.69) is 36.1 Å². The fraction of sp³-hybridized carbons (Fsp3) is 0.333. The summed E-state index contributed by atoms with van der Waals surface area (Å²) in [5.41, 5.74) is 10.0. The lowest BCUT2D eigenvalue weighted by Crippen LogP contribution is -2.30. The van der Waals surface area contributed by atoms with E-state index in [-0.39, 0.29) is 5.82 Å². The summed E-state index contributed by atoms with van der Waals surface area (Å²) < 4.78 is 13.9. The number of benzene rings is 2. The largest absolute Gasteiger partial charge is 0.341 e. The van der Waals surface area contributed by atoms with E-state index < -0.39 is 0 Å². The fourth-order valence-electron chi connectivity index (χ4n) is 3.14. The van der Waals surface area contributed by atoms with Crippen molar-refractivity contribution in [3.05, 3.63) is 59.4 Å². The standard InChI is InChI=1S/C18H21FN2/c1-13-8-15-4-2-3-5-18(15)21(12-13)17-10-14(6-7-20)9-16(19)11-17/h2-5,9-11,13H,6-8,12,20H2,1H3. The van der Waals surface area contributed by atoms with Gasteiger partial charge in [-0.1, -0.05) is 25.1 Å². The van der Waals surface area contributed by atoms with E-state index in [4.69, 9.17) is 5.73 Å². The van der Waals surface area contributed by atoms with Crippen LogP contribution in [0.25, 0.3) is 0 Å². The van der Waals surface area contributed by atoms with Gasteiger partial charge in [0.25, 0.3) is 0 Å². The molecule has 2 N–H and O–H groups in total. The molecule has 0 saturated heterocycles. The minimum absolute atomic E-state index is 0.188. The second-order valence-corrected chi connectivity index (χ2v) is 5.90. The Morgan fingerprint density at radius 3 is 2.86 bits per heavy atom. The summed E-state index contributed by atoms with van der Waals surface area (Å²) in [5.74, 6) is 0.368. The highest BCUT2D eigenvalue weighted by Gasteiger charge is 2.23. The normalized spacial score (nSPS) is 17.7. The van der Waals surface area contributed by atoms with Gasteiger partial charge < -0.3 is 10.6 Å². The van der Waals surface area contributed by atoms with Gasteiger partial charge in [-0.2, -0.15) is 0 Å². The van der Waals surface area contributed by atoms with Crippen molar-refractivity contribution in [1.29, 1.82) is 0 Å². The summed E-state index contributed by atoms with van der Waals surface area (Å²) in [6, 6.07) is 13.7. The fourth-order valence-corrected chi connectivity index (χ4v) is 3.14. The average Bonchev–Trinajstić information content (AvgIpc) is 2.46. The van der Waals surface area contributed by atoms with Crippen LogP contribution in [0.2, 0.25) is 0 Å². The van der Waals surface area contributed by atoms with Gasteiger partial charge in [0, 0.05) is 17.9 Å². The number of hydrogen-bond donors (Lipinski definition) is 1. The molecule has 0 aromatic heterocycles. The SMILES string of the molecule is CC1Cc2ccccc2N(c2cc(F)cc(CCN)c2)C1. The Balaban J connectivity index is 2.04. The Bertz CT molecular complexity index is 639. The summed E-state index contributed by atoms with van der Waals surface area (Å²) in [6.45, 7) is 3.70. The van der Waals surface area contributed by atoms with Crippen LogP contribution in [0.4, 0.5) is 15.8 Å². The molecule has 1 atom stereocenters. The van der Waals surface area contributed by atoms with Crippen LogP contribution in [-0.4, -0.2) is 13.1 Å². The molecule has 1 heterocycles. The van der Waals surface area contributed by atoms with Crippen LogP contribution in [0.1, 0.15) is 18.1 Å². The second kappa shape index (κ2) is 5.86. The molecule has 3 rings (SSSR count). The van der Waals surface area contributed by atoms with Crippen LogP contribution >= 0.6 is 0 Å². The zero-order valence-corrected chi connectivity index (χ0v) is 12.3. The minimum Gasteiger partial charge on any atom is -0.341 e. The zero-order valence-electron chi connectivity index (χ0n) is 12.3. The highest BCUT2D eigenvalue weighted by atomic mass is 19.1. The van der Waals surface area contributed by atoms with E-state index in [0.29, 0.717) is 18.9 Å². The highest BCUT2D eigenvalue weighted by Crippen LogP contribution is 2.35. The van der Waals surface area contributed by atoms with Gasteiger partial charge in [-0.3, -0.25) is 0 Å². The summed E-state index contributed by atoms with van der Waals surface area (Å²) in [4.78, 5) is 2.23. The molecule has 110 valence electrons. The molecule has 2 nitrogen and oxygen atoms in total. The van der Waals surface area contributed by atoms with E-state index >= 15 is 0 Å². The molecule has 1 aliphatic heterocycles. The molecule has 0 radical (unpaired) electrons. The third-order valence-electron chi connectivity index (χ3n) is 4.03. The first kappa shape index (κ1) is 14.1. The van der Waals surface area contributed by atoms with Crippen LogP contribution < -0.4 is 10.6 Å². The Labute approximate surface area is 125 Å². The molecular formula is C18H21FN2. The van der Waals surface area contributed by atoms with Crippen molar-refractivity contribution in [2.75, 3.05) is 18.0 Å². The number of nitrogens with zero attached hydrogens (tertiary/aromatic N) is 1. The van der Waals surface area contributed by atoms with Crippen LogP contribution in [-0.2, 0) is 12.8 Å². The van der Waals surface area contributed by atoms with Crippen molar-refractivity contribution >= 4 is 11.4 Å². The van der Waals surface area contributed by atoms with Gasteiger partial charge in [0.15, 0.2) is 0 Å². The molecule has 0 spiro atoms. The molecule has 1 aliphatic rings. The number of anilines is 2. The molecule has 21 heavy (non-hydrogen) atoms. The van der Waals surface area contributed by atoms with Gasteiger partial charge in [0.1, 0.15) is 5.82 Å². The average molecular weight is 284 g/mol. The number of nitrogens with two attached hydrogens (primary N) is 1. The van der Waals surface area contributed by atoms with E-state index in [1.165, 1.54) is 11.3 Å². The van der Waals surface area contributed by atoms with Gasteiger partial charge in [0.2, 0.25) is 0 Å². The van der Waals surface area contributed by atoms with Gasteiger partial charge in [-0.25, -0.2) is 4.39 Å². The van der Waals surface area contributed by atoms with Crippen molar-refractivity contribution in [3.8, 4) is 0 Å². The monoisotopic (exact) mass is 284 g/mol. The Morgan fingerprint density at radius 1 is 1.24 bits per heavy atom. The first-order chi connectivity index (χ1) is 10.2. The summed E-state index contributed by atoms with van der Waals surface area (Å²) in [6.07, 6.45) is 1.79. The lowest BCUT2D eigenvalue weighted by atomic mass is 9.93. The first-order valence-electron chi connectivity index (χ1n) is 7.52. The van der Waals surface area contributed by atoms with Crippen LogP contribution in [0.5, 0.6) is 0 Å². The number of rotatable bonds is 3. The number of halogens is 1. The molecule has 0 aliphatic carbocycles. The molecule has 1 unspecified atom stereocenters. The Kier molecular flexibility index (Phi) is 3.93. The quantitative estimate of drug-likeness (QED) is 0.932. The molecule has 0 bridgehead atoms. The predicted octanol–water partition coefficient (Wildman–Crippen LogP) is 3.66. The summed E-state index contributed by atoms with van der Waals surface area (Å²) in [5, 5.41) is 0. The summed E-state index contributed by atoms with van der Waals surface area (Å²) >= 11 is 0. The molecule has 3 heteroatoms. The van der Waals surface area contributed by atoms with Gasteiger partial charge in [-0.15, -0.1) is 0 Å². The molecule has 2 aromatic carbocycles. The lowest BCUT2D eigenvalue weighted by Gasteiger charge is -2.35. The maximum absolute atomic E-state index is 13.9. The van der Waals surface area contributed by atoms with E-state index in [0.717, 1.165) is 24.2 Å². The first-order valence-corrected chi connectivity index (χ1v) is 7.52. The second-order valence-electron chi connectivity index (χ2n) is 5.90. The Morgan fingerprint density at radius 2 is 2.05 bits per heavy atom. The van der Waals surface area contributed by atoms with Crippen LogP contribution in [0.15, 0.2) is 42.5 Å².